The van der Waals surface area contributed by atoms with Gasteiger partial charge in [-0.25, -0.2) is 4.98 Å². The molecule has 1 aromatic heterocycles. The van der Waals surface area contributed by atoms with Crippen LogP contribution in [-0.2, 0) is 0 Å². The van der Waals surface area contributed by atoms with Crippen LogP contribution in [0.1, 0.15) is 44.2 Å². The fourth-order valence-electron chi connectivity index (χ4n) is 2.62. The Morgan fingerprint density at radius 3 is 2.71 bits per heavy atom. The summed E-state index contributed by atoms with van der Waals surface area (Å²) in [5.74, 6) is 0.915. The first kappa shape index (κ1) is 14.5. The lowest BCUT2D eigenvalue weighted by atomic mass is 10.1. The van der Waals surface area contributed by atoms with E-state index in [0.717, 1.165) is 23.6 Å². The quantitative estimate of drug-likeness (QED) is 0.908. The third kappa shape index (κ3) is 3.63. The Hall–Kier alpha value is -1.39. The number of hydrogen-bond acceptors (Lipinski definition) is 4. The molecule has 0 aliphatic carbocycles. The molecule has 0 spiro atoms. The van der Waals surface area contributed by atoms with Crippen molar-refractivity contribution in [1.82, 2.24) is 10.3 Å². The third-order valence-electron chi connectivity index (χ3n) is 3.65. The largest absolute Gasteiger partial charge is 0.491 e. The number of thiazole rings is 1. The normalized spacial score (nSPS) is 18.9. The van der Waals surface area contributed by atoms with Crippen LogP contribution in [0.2, 0.25) is 0 Å². The monoisotopic (exact) mass is 302 g/mol. The summed E-state index contributed by atoms with van der Waals surface area (Å²) in [5.41, 5.74) is 2.22. The SMILES string of the molecule is CC(C)Oc1ccc(-c2csc(C3CCCCN3)n2)cc1. The maximum Gasteiger partial charge on any atom is 0.119 e. The Morgan fingerprint density at radius 1 is 1.24 bits per heavy atom. The van der Waals surface area contributed by atoms with Gasteiger partial charge in [0, 0.05) is 10.9 Å². The lowest BCUT2D eigenvalue weighted by Crippen LogP contribution is -2.26. The summed E-state index contributed by atoms with van der Waals surface area (Å²) >= 11 is 1.76. The first-order valence-electron chi connectivity index (χ1n) is 7.68. The molecule has 2 heterocycles. The van der Waals surface area contributed by atoms with Crippen molar-refractivity contribution in [3.63, 3.8) is 0 Å². The van der Waals surface area contributed by atoms with Crippen LogP contribution in [0.25, 0.3) is 11.3 Å². The average Bonchev–Trinajstić information content (AvgIpc) is 2.98. The molecule has 2 aromatic rings. The molecule has 0 saturated carbocycles. The number of piperidine rings is 1. The minimum atomic E-state index is 0.208. The number of hydrogen-bond donors (Lipinski definition) is 1. The average molecular weight is 302 g/mol. The van der Waals surface area contributed by atoms with Crippen LogP contribution < -0.4 is 10.1 Å². The van der Waals surface area contributed by atoms with E-state index in [0.29, 0.717) is 6.04 Å². The first-order valence-corrected chi connectivity index (χ1v) is 8.56. The van der Waals surface area contributed by atoms with Gasteiger partial charge in [0.1, 0.15) is 10.8 Å². The Balaban J connectivity index is 1.73. The van der Waals surface area contributed by atoms with Crippen molar-refractivity contribution in [3.05, 3.63) is 34.7 Å². The first-order chi connectivity index (χ1) is 10.2. The molecule has 1 fully saturated rings. The van der Waals surface area contributed by atoms with Crippen molar-refractivity contribution in [2.24, 2.45) is 0 Å². The molecule has 1 aliphatic heterocycles. The predicted octanol–water partition coefficient (Wildman–Crippen LogP) is 4.41. The molecule has 112 valence electrons. The summed E-state index contributed by atoms with van der Waals surface area (Å²) in [6, 6.07) is 8.66. The van der Waals surface area contributed by atoms with E-state index in [2.05, 4.69) is 22.8 Å². The van der Waals surface area contributed by atoms with E-state index in [4.69, 9.17) is 9.72 Å². The molecule has 0 bridgehead atoms. The van der Waals surface area contributed by atoms with Crippen molar-refractivity contribution in [1.29, 1.82) is 0 Å². The van der Waals surface area contributed by atoms with E-state index in [-0.39, 0.29) is 6.10 Å². The van der Waals surface area contributed by atoms with Crippen molar-refractivity contribution >= 4 is 11.3 Å². The van der Waals surface area contributed by atoms with Gasteiger partial charge < -0.3 is 10.1 Å². The fourth-order valence-corrected chi connectivity index (χ4v) is 3.56. The van der Waals surface area contributed by atoms with Gasteiger partial charge >= 0.3 is 0 Å². The van der Waals surface area contributed by atoms with Crippen LogP contribution in [0.3, 0.4) is 0 Å². The second-order valence-corrected chi connectivity index (χ2v) is 6.65. The van der Waals surface area contributed by atoms with Crippen molar-refractivity contribution in [2.45, 2.75) is 45.3 Å². The number of ether oxygens (including phenoxy) is 1. The molecule has 1 aliphatic rings. The Labute approximate surface area is 130 Å². The van der Waals surface area contributed by atoms with Crippen LogP contribution in [0, 0.1) is 0 Å². The molecule has 3 rings (SSSR count). The molecule has 21 heavy (non-hydrogen) atoms. The molecular weight excluding hydrogens is 280 g/mol. The van der Waals surface area contributed by atoms with Gasteiger partial charge in [-0.1, -0.05) is 6.42 Å². The van der Waals surface area contributed by atoms with Crippen LogP contribution in [0.15, 0.2) is 29.6 Å². The number of aromatic nitrogens is 1. The summed E-state index contributed by atoms with van der Waals surface area (Å²) in [4.78, 5) is 4.81. The molecule has 1 aromatic carbocycles. The highest BCUT2D eigenvalue weighted by Crippen LogP contribution is 2.30. The van der Waals surface area contributed by atoms with Gasteiger partial charge in [-0.05, 0) is 57.5 Å². The molecule has 1 atom stereocenters. The van der Waals surface area contributed by atoms with Crippen molar-refractivity contribution in [3.8, 4) is 17.0 Å². The van der Waals surface area contributed by atoms with E-state index < -0.39 is 0 Å². The van der Waals surface area contributed by atoms with Gasteiger partial charge in [-0.2, -0.15) is 0 Å². The number of nitrogens with zero attached hydrogens (tertiary/aromatic N) is 1. The van der Waals surface area contributed by atoms with Crippen LogP contribution in [0.4, 0.5) is 0 Å². The molecule has 1 unspecified atom stereocenters. The highest BCUT2D eigenvalue weighted by atomic mass is 32.1. The Kier molecular flexibility index (Phi) is 4.56. The van der Waals surface area contributed by atoms with Crippen molar-refractivity contribution < 1.29 is 4.74 Å². The molecule has 4 heteroatoms. The fraction of sp³-hybridized carbons (Fsp3) is 0.471. The highest BCUT2D eigenvalue weighted by Gasteiger charge is 2.18. The van der Waals surface area contributed by atoms with E-state index in [9.17, 15) is 0 Å². The zero-order valence-corrected chi connectivity index (χ0v) is 13.5. The van der Waals surface area contributed by atoms with Gasteiger partial charge in [-0.15, -0.1) is 11.3 Å². The molecular formula is C17H22N2OS. The molecule has 1 saturated heterocycles. The summed E-state index contributed by atoms with van der Waals surface area (Å²) in [5, 5.41) is 6.93. The Morgan fingerprint density at radius 2 is 2.05 bits per heavy atom. The minimum Gasteiger partial charge on any atom is -0.491 e. The molecule has 3 nitrogen and oxygen atoms in total. The van der Waals surface area contributed by atoms with Gasteiger partial charge in [0.2, 0.25) is 0 Å². The summed E-state index contributed by atoms with van der Waals surface area (Å²) < 4.78 is 5.68. The maximum atomic E-state index is 5.68. The van der Waals surface area contributed by atoms with Gasteiger partial charge in [-0.3, -0.25) is 0 Å². The van der Waals surface area contributed by atoms with E-state index >= 15 is 0 Å². The number of benzene rings is 1. The standard InChI is InChI=1S/C17H22N2OS/c1-12(2)20-14-8-6-13(7-9-14)16-11-21-17(19-16)15-5-3-4-10-18-15/h6-9,11-12,15,18H,3-5,10H2,1-2H3. The van der Waals surface area contributed by atoms with E-state index in [1.807, 2.05) is 26.0 Å². The second-order valence-electron chi connectivity index (χ2n) is 5.76. The maximum absolute atomic E-state index is 5.68. The summed E-state index contributed by atoms with van der Waals surface area (Å²) in [6.45, 7) is 5.19. The van der Waals surface area contributed by atoms with E-state index in [1.54, 1.807) is 11.3 Å². The Bertz CT molecular complexity index is 571. The number of nitrogens with one attached hydrogen (secondary N) is 1. The summed E-state index contributed by atoms with van der Waals surface area (Å²) in [7, 11) is 0. The second kappa shape index (κ2) is 6.58. The lowest BCUT2D eigenvalue weighted by Gasteiger charge is -2.21. The molecule has 1 N–H and O–H groups in total. The lowest BCUT2D eigenvalue weighted by molar-refractivity contribution is 0.242. The van der Waals surface area contributed by atoms with Gasteiger partial charge in [0.05, 0.1) is 17.8 Å². The zero-order chi connectivity index (χ0) is 14.7. The van der Waals surface area contributed by atoms with Crippen molar-refractivity contribution in [2.75, 3.05) is 6.54 Å². The smallest absolute Gasteiger partial charge is 0.119 e. The minimum absolute atomic E-state index is 0.208. The van der Waals surface area contributed by atoms with Crippen LogP contribution in [-0.4, -0.2) is 17.6 Å². The highest BCUT2D eigenvalue weighted by molar-refractivity contribution is 7.10. The number of rotatable bonds is 4. The molecule has 0 radical (unpaired) electrons. The third-order valence-corrected chi connectivity index (χ3v) is 4.61. The summed E-state index contributed by atoms with van der Waals surface area (Å²) in [6.07, 6.45) is 3.99. The zero-order valence-electron chi connectivity index (χ0n) is 12.6. The van der Waals surface area contributed by atoms with Gasteiger partial charge in [0.15, 0.2) is 0 Å². The van der Waals surface area contributed by atoms with Gasteiger partial charge in [0.25, 0.3) is 0 Å². The van der Waals surface area contributed by atoms with E-state index in [1.165, 1.54) is 24.3 Å². The molecule has 0 amide bonds. The predicted molar refractivity (Wildman–Crippen MR) is 87.9 cm³/mol. The van der Waals surface area contributed by atoms with Crippen LogP contribution in [0.5, 0.6) is 5.75 Å². The van der Waals surface area contributed by atoms with Crippen LogP contribution >= 0.6 is 11.3 Å². The topological polar surface area (TPSA) is 34.1 Å².